The summed E-state index contributed by atoms with van der Waals surface area (Å²) >= 11 is 0. The zero-order valence-electron chi connectivity index (χ0n) is 13.7. The van der Waals surface area contributed by atoms with Gasteiger partial charge in [-0.25, -0.2) is 0 Å². The minimum atomic E-state index is -4.35. The summed E-state index contributed by atoms with van der Waals surface area (Å²) in [6, 6.07) is 4.64. The first-order valence-electron chi connectivity index (χ1n) is 7.44. The van der Waals surface area contributed by atoms with Crippen LogP contribution < -0.4 is 5.73 Å². The molecule has 1 aromatic rings. The maximum Gasteiger partial charge on any atom is 0.416 e. The van der Waals surface area contributed by atoms with Crippen molar-refractivity contribution in [1.29, 1.82) is 0 Å². The summed E-state index contributed by atoms with van der Waals surface area (Å²) in [6.07, 6.45) is -4.14. The first-order valence-corrected chi connectivity index (χ1v) is 7.44. The van der Waals surface area contributed by atoms with Crippen molar-refractivity contribution in [2.45, 2.75) is 32.1 Å². The van der Waals surface area contributed by atoms with E-state index in [1.54, 1.807) is 11.8 Å². The van der Waals surface area contributed by atoms with Crippen molar-refractivity contribution < 1.29 is 18.0 Å². The van der Waals surface area contributed by atoms with Crippen molar-refractivity contribution in [1.82, 2.24) is 9.80 Å². The van der Waals surface area contributed by atoms with E-state index in [1.807, 2.05) is 19.0 Å². The molecule has 0 aliphatic rings. The number of nitrogens with zero attached hydrogens (tertiary/aromatic N) is 2. The van der Waals surface area contributed by atoms with Gasteiger partial charge in [-0.3, -0.25) is 4.79 Å². The van der Waals surface area contributed by atoms with Gasteiger partial charge in [0, 0.05) is 32.1 Å². The van der Waals surface area contributed by atoms with Crippen LogP contribution in [0.2, 0.25) is 0 Å². The van der Waals surface area contributed by atoms with Crippen molar-refractivity contribution in [2.75, 3.05) is 27.2 Å². The molecule has 0 bridgehead atoms. The van der Waals surface area contributed by atoms with Gasteiger partial charge in [0.15, 0.2) is 0 Å². The highest BCUT2D eigenvalue weighted by Gasteiger charge is 2.30. The lowest BCUT2D eigenvalue weighted by Crippen LogP contribution is -2.38. The van der Waals surface area contributed by atoms with Gasteiger partial charge in [0.2, 0.25) is 5.91 Å². The summed E-state index contributed by atoms with van der Waals surface area (Å²) in [5.41, 5.74) is 5.64. The summed E-state index contributed by atoms with van der Waals surface area (Å²) in [5, 5.41) is 0. The number of alkyl halides is 3. The minimum absolute atomic E-state index is 0.0956. The second kappa shape index (κ2) is 8.31. The molecule has 0 aromatic heterocycles. The highest BCUT2D eigenvalue weighted by Crippen LogP contribution is 2.29. The smallest absolute Gasteiger partial charge is 0.337 e. The molecular formula is C16H24F3N3O. The van der Waals surface area contributed by atoms with Gasteiger partial charge in [-0.2, -0.15) is 13.2 Å². The SMILES string of the molecule is CC(N)CC(=O)N(CCN(C)C)Cc1ccc(C(F)(F)F)cc1. The maximum atomic E-state index is 12.6. The second-order valence-electron chi connectivity index (χ2n) is 5.99. The van der Waals surface area contributed by atoms with Crippen molar-refractivity contribution in [2.24, 2.45) is 5.73 Å². The van der Waals surface area contributed by atoms with Crippen molar-refractivity contribution in [3.63, 3.8) is 0 Å². The molecule has 0 saturated carbocycles. The number of rotatable bonds is 7. The molecule has 0 saturated heterocycles. The molecule has 1 unspecified atom stereocenters. The first-order chi connectivity index (χ1) is 10.6. The molecule has 130 valence electrons. The highest BCUT2D eigenvalue weighted by molar-refractivity contribution is 5.76. The summed E-state index contributed by atoms with van der Waals surface area (Å²) in [5.74, 6) is -0.0956. The summed E-state index contributed by atoms with van der Waals surface area (Å²) < 4.78 is 37.7. The summed E-state index contributed by atoms with van der Waals surface area (Å²) in [6.45, 7) is 3.20. The van der Waals surface area contributed by atoms with E-state index < -0.39 is 11.7 Å². The van der Waals surface area contributed by atoms with E-state index >= 15 is 0 Å². The molecule has 0 fully saturated rings. The van der Waals surface area contributed by atoms with E-state index in [0.29, 0.717) is 18.7 Å². The highest BCUT2D eigenvalue weighted by atomic mass is 19.4. The molecule has 7 heteroatoms. The van der Waals surface area contributed by atoms with Crippen LogP contribution in [0.5, 0.6) is 0 Å². The van der Waals surface area contributed by atoms with Crippen LogP contribution in [-0.4, -0.2) is 48.9 Å². The third-order valence-electron chi connectivity index (χ3n) is 3.32. The van der Waals surface area contributed by atoms with E-state index in [0.717, 1.165) is 12.1 Å². The van der Waals surface area contributed by atoms with Gasteiger partial charge in [-0.05, 0) is 38.7 Å². The number of carbonyl (C=O) groups is 1. The normalized spacial score (nSPS) is 13.2. The fourth-order valence-corrected chi connectivity index (χ4v) is 2.04. The molecule has 2 N–H and O–H groups in total. The Morgan fingerprint density at radius 3 is 2.17 bits per heavy atom. The molecule has 0 spiro atoms. The number of likely N-dealkylation sites (N-methyl/N-ethyl adjacent to an activating group) is 1. The second-order valence-corrected chi connectivity index (χ2v) is 5.99. The fourth-order valence-electron chi connectivity index (χ4n) is 2.04. The van der Waals surface area contributed by atoms with Gasteiger partial charge in [-0.1, -0.05) is 12.1 Å². The van der Waals surface area contributed by atoms with Crippen molar-refractivity contribution >= 4 is 5.91 Å². The fraction of sp³-hybridized carbons (Fsp3) is 0.562. The van der Waals surface area contributed by atoms with Crippen molar-refractivity contribution in [3.05, 3.63) is 35.4 Å². The molecule has 1 amide bonds. The molecule has 0 radical (unpaired) electrons. The Morgan fingerprint density at radius 1 is 1.17 bits per heavy atom. The van der Waals surface area contributed by atoms with Gasteiger partial charge in [0.25, 0.3) is 0 Å². The topological polar surface area (TPSA) is 49.6 Å². The Morgan fingerprint density at radius 2 is 1.74 bits per heavy atom. The third-order valence-corrected chi connectivity index (χ3v) is 3.32. The van der Waals surface area contributed by atoms with Gasteiger partial charge in [0.05, 0.1) is 5.56 Å². The molecule has 23 heavy (non-hydrogen) atoms. The predicted molar refractivity (Wildman–Crippen MR) is 83.7 cm³/mol. The molecule has 4 nitrogen and oxygen atoms in total. The van der Waals surface area contributed by atoms with E-state index in [-0.39, 0.29) is 24.9 Å². The van der Waals surface area contributed by atoms with Gasteiger partial charge < -0.3 is 15.5 Å². The number of carbonyl (C=O) groups excluding carboxylic acids is 1. The Bertz CT molecular complexity index is 498. The standard InChI is InChI=1S/C16H24F3N3O/c1-12(20)10-15(23)22(9-8-21(2)3)11-13-4-6-14(7-5-13)16(17,18)19/h4-7,12H,8-11,20H2,1-3H3. The minimum Gasteiger partial charge on any atom is -0.337 e. The van der Waals surface area contributed by atoms with Crippen LogP contribution in [0.3, 0.4) is 0 Å². The molecule has 1 atom stereocenters. The van der Waals surface area contributed by atoms with E-state index in [1.165, 1.54) is 12.1 Å². The molecule has 1 aromatic carbocycles. The van der Waals surface area contributed by atoms with Gasteiger partial charge >= 0.3 is 6.18 Å². The largest absolute Gasteiger partial charge is 0.416 e. The van der Waals surface area contributed by atoms with Gasteiger partial charge in [0.1, 0.15) is 0 Å². The lowest BCUT2D eigenvalue weighted by Gasteiger charge is -2.25. The van der Waals surface area contributed by atoms with Crippen LogP contribution in [0.1, 0.15) is 24.5 Å². The average Bonchev–Trinajstić information content (AvgIpc) is 2.41. The van der Waals surface area contributed by atoms with E-state index in [2.05, 4.69) is 0 Å². The number of nitrogens with two attached hydrogens (primary N) is 1. The average molecular weight is 331 g/mol. The van der Waals surface area contributed by atoms with Crippen LogP contribution in [0, 0.1) is 0 Å². The lowest BCUT2D eigenvalue weighted by atomic mass is 10.1. The number of amides is 1. The summed E-state index contributed by atoms with van der Waals surface area (Å²) in [4.78, 5) is 15.8. The number of hydrogen-bond acceptors (Lipinski definition) is 3. The van der Waals surface area contributed by atoms with Crippen LogP contribution in [-0.2, 0) is 17.5 Å². The van der Waals surface area contributed by atoms with Crippen LogP contribution in [0.4, 0.5) is 13.2 Å². The number of halogens is 3. The zero-order valence-corrected chi connectivity index (χ0v) is 13.7. The van der Waals surface area contributed by atoms with Gasteiger partial charge in [-0.15, -0.1) is 0 Å². The van der Waals surface area contributed by atoms with E-state index in [4.69, 9.17) is 5.73 Å². The third kappa shape index (κ3) is 7.00. The Balaban J connectivity index is 2.80. The lowest BCUT2D eigenvalue weighted by molar-refractivity contribution is -0.137. The number of hydrogen-bond donors (Lipinski definition) is 1. The Hall–Kier alpha value is -1.60. The first kappa shape index (κ1) is 19.4. The molecule has 1 rings (SSSR count). The quantitative estimate of drug-likeness (QED) is 0.834. The monoisotopic (exact) mass is 331 g/mol. The summed E-state index contributed by atoms with van der Waals surface area (Å²) in [7, 11) is 3.79. The zero-order chi connectivity index (χ0) is 17.6. The Labute approximate surface area is 135 Å². The van der Waals surface area contributed by atoms with Crippen LogP contribution in [0.15, 0.2) is 24.3 Å². The Kier molecular flexibility index (Phi) is 7.02. The molecule has 0 aliphatic carbocycles. The predicted octanol–water partition coefficient (Wildman–Crippen LogP) is 2.33. The van der Waals surface area contributed by atoms with E-state index in [9.17, 15) is 18.0 Å². The van der Waals surface area contributed by atoms with Crippen molar-refractivity contribution in [3.8, 4) is 0 Å². The van der Waals surface area contributed by atoms with Crippen LogP contribution >= 0.6 is 0 Å². The molecular weight excluding hydrogens is 307 g/mol. The molecule has 0 heterocycles. The molecule has 0 aliphatic heterocycles. The maximum absolute atomic E-state index is 12.6. The van der Waals surface area contributed by atoms with Crippen LogP contribution in [0.25, 0.3) is 0 Å². The number of benzene rings is 1.